The highest BCUT2D eigenvalue weighted by Gasteiger charge is 2.36. The molecule has 200 valence electrons. The van der Waals surface area contributed by atoms with Crippen LogP contribution in [0.25, 0.3) is 0 Å². The second kappa shape index (κ2) is 10.4. The molecule has 5 rings (SSSR count). The van der Waals surface area contributed by atoms with Crippen molar-refractivity contribution in [3.05, 3.63) is 33.5 Å². The first kappa shape index (κ1) is 25.6. The van der Waals surface area contributed by atoms with Crippen LogP contribution in [0.15, 0.2) is 16.6 Å². The number of nitrogens with zero attached hydrogens (tertiary/aromatic N) is 6. The van der Waals surface area contributed by atoms with Gasteiger partial charge in [-0.1, -0.05) is 5.16 Å². The van der Waals surface area contributed by atoms with Gasteiger partial charge in [-0.25, -0.2) is 4.98 Å². The number of morpholine rings is 1. The monoisotopic (exact) mass is 540 g/mol. The molecule has 2 saturated heterocycles. The number of likely N-dealkylation sites (tertiary alicyclic amines) is 1. The summed E-state index contributed by atoms with van der Waals surface area (Å²) in [6, 6.07) is 0.944. The van der Waals surface area contributed by atoms with Crippen LogP contribution in [-0.2, 0) is 31.9 Å². The lowest BCUT2D eigenvalue weighted by atomic mass is 9.97. The van der Waals surface area contributed by atoms with Crippen LogP contribution >= 0.6 is 11.3 Å². The number of ether oxygens (including phenoxy) is 1. The number of carbonyl (C=O) groups excluding carboxylic acids is 2. The van der Waals surface area contributed by atoms with Crippen molar-refractivity contribution < 1.29 is 32.3 Å². The van der Waals surface area contributed by atoms with Gasteiger partial charge in [-0.05, 0) is 25.8 Å². The zero-order valence-electron chi connectivity index (χ0n) is 20.2. The van der Waals surface area contributed by atoms with E-state index in [4.69, 9.17) is 14.6 Å². The van der Waals surface area contributed by atoms with Crippen molar-refractivity contribution in [1.82, 2.24) is 24.6 Å². The third kappa shape index (κ3) is 5.64. The molecule has 2 amide bonds. The number of halogens is 3. The number of hydrogen-bond acceptors (Lipinski definition) is 8. The molecule has 0 spiro atoms. The molecule has 0 saturated carbocycles. The summed E-state index contributed by atoms with van der Waals surface area (Å²) in [5.74, 6) is -0.180. The Hall–Kier alpha value is -3.00. The van der Waals surface area contributed by atoms with Crippen LogP contribution in [0.4, 0.5) is 13.2 Å². The zero-order valence-corrected chi connectivity index (χ0v) is 21.1. The van der Waals surface area contributed by atoms with Gasteiger partial charge in [0.25, 0.3) is 5.91 Å². The molecule has 2 fully saturated rings. The minimum absolute atomic E-state index is 0.0884. The molecule has 0 aliphatic carbocycles. The summed E-state index contributed by atoms with van der Waals surface area (Å²) in [4.78, 5) is 38.9. The quantitative estimate of drug-likeness (QED) is 0.578. The van der Waals surface area contributed by atoms with E-state index in [0.29, 0.717) is 75.8 Å². The maximum Gasteiger partial charge on any atom is 0.435 e. The molecule has 5 heterocycles. The Morgan fingerprint density at radius 3 is 2.54 bits per heavy atom. The van der Waals surface area contributed by atoms with Crippen molar-refractivity contribution in [2.75, 3.05) is 39.4 Å². The first-order valence-electron chi connectivity index (χ1n) is 12.1. The minimum atomic E-state index is -4.54. The first-order chi connectivity index (χ1) is 17.7. The maximum absolute atomic E-state index is 12.9. The standard InChI is InChI=1S/C23H27F3N6O4S/c1-14-10-19(23(24,25)26)28-32(14)12-20(33)30-4-2-15(3-5-30)21-27-17(13-37-21)16-11-18(36-29-16)22(34)31-6-8-35-9-7-31/h10,13,15,18H,2-9,11-12H2,1H3. The van der Waals surface area contributed by atoms with E-state index in [1.807, 2.05) is 5.38 Å². The average Bonchev–Trinajstić information content (AvgIpc) is 3.64. The smallest absolute Gasteiger partial charge is 0.382 e. The van der Waals surface area contributed by atoms with E-state index < -0.39 is 18.0 Å². The summed E-state index contributed by atoms with van der Waals surface area (Å²) in [7, 11) is 0. The molecule has 10 nitrogen and oxygen atoms in total. The topological polar surface area (TPSA) is 102 Å². The summed E-state index contributed by atoms with van der Waals surface area (Å²) in [6.07, 6.45) is -3.41. The van der Waals surface area contributed by atoms with Crippen LogP contribution < -0.4 is 0 Å². The van der Waals surface area contributed by atoms with Gasteiger partial charge in [0, 0.05) is 49.6 Å². The Bertz CT molecular complexity index is 1180. The summed E-state index contributed by atoms with van der Waals surface area (Å²) in [5, 5.41) is 10.5. The Morgan fingerprint density at radius 1 is 1.14 bits per heavy atom. The molecule has 0 aromatic carbocycles. The van der Waals surface area contributed by atoms with Gasteiger partial charge in [-0.2, -0.15) is 18.3 Å². The lowest BCUT2D eigenvalue weighted by Crippen LogP contribution is -2.45. The van der Waals surface area contributed by atoms with Crippen molar-refractivity contribution in [1.29, 1.82) is 0 Å². The Balaban J connectivity index is 1.12. The summed E-state index contributed by atoms with van der Waals surface area (Å²) in [5.41, 5.74) is 0.642. The van der Waals surface area contributed by atoms with Gasteiger partial charge in [0.1, 0.15) is 12.3 Å². The molecular weight excluding hydrogens is 513 g/mol. The number of amides is 2. The molecule has 2 aromatic rings. The lowest BCUT2D eigenvalue weighted by molar-refractivity contribution is -0.146. The summed E-state index contributed by atoms with van der Waals surface area (Å²) >= 11 is 1.52. The molecule has 14 heteroatoms. The number of aryl methyl sites for hydroxylation is 1. The highest BCUT2D eigenvalue weighted by molar-refractivity contribution is 7.10. The number of aromatic nitrogens is 3. The molecule has 0 bridgehead atoms. The number of carbonyl (C=O) groups is 2. The number of thiazole rings is 1. The highest BCUT2D eigenvalue weighted by atomic mass is 32.1. The van der Waals surface area contributed by atoms with Gasteiger partial charge >= 0.3 is 6.18 Å². The summed E-state index contributed by atoms with van der Waals surface area (Å²) < 4.78 is 45.1. The third-order valence-electron chi connectivity index (χ3n) is 6.84. The van der Waals surface area contributed by atoms with Crippen LogP contribution in [0.3, 0.4) is 0 Å². The van der Waals surface area contributed by atoms with Crippen LogP contribution in [0, 0.1) is 6.92 Å². The molecule has 2 aromatic heterocycles. The van der Waals surface area contributed by atoms with Gasteiger partial charge in [0.2, 0.25) is 12.0 Å². The third-order valence-corrected chi connectivity index (χ3v) is 7.85. The molecule has 37 heavy (non-hydrogen) atoms. The van der Waals surface area contributed by atoms with E-state index in [1.165, 1.54) is 18.3 Å². The normalized spacial score (nSPS) is 21.2. The van der Waals surface area contributed by atoms with E-state index in [-0.39, 0.29) is 24.3 Å². The molecular formula is C23H27F3N6O4S. The SMILES string of the molecule is Cc1cc(C(F)(F)F)nn1CC(=O)N1CCC(c2nc(C3=NOC(C(=O)N4CCOCC4)C3)cs2)CC1. The van der Waals surface area contributed by atoms with E-state index in [1.54, 1.807) is 9.80 Å². The van der Waals surface area contributed by atoms with Crippen LogP contribution in [-0.4, -0.2) is 87.6 Å². The van der Waals surface area contributed by atoms with Crippen LogP contribution in [0.2, 0.25) is 0 Å². The van der Waals surface area contributed by atoms with Crippen molar-refractivity contribution in [3.8, 4) is 0 Å². The van der Waals surface area contributed by atoms with E-state index in [0.717, 1.165) is 15.8 Å². The predicted molar refractivity (Wildman–Crippen MR) is 126 cm³/mol. The Labute approximate surface area is 215 Å². The average molecular weight is 541 g/mol. The fourth-order valence-corrected chi connectivity index (χ4v) is 5.67. The highest BCUT2D eigenvalue weighted by Crippen LogP contribution is 2.32. The first-order valence-corrected chi connectivity index (χ1v) is 13.0. The fourth-order valence-electron chi connectivity index (χ4n) is 4.67. The number of rotatable bonds is 5. The Kier molecular flexibility index (Phi) is 7.21. The predicted octanol–water partition coefficient (Wildman–Crippen LogP) is 2.42. The minimum Gasteiger partial charge on any atom is -0.382 e. The number of piperidine rings is 1. The van der Waals surface area contributed by atoms with E-state index in [2.05, 4.69) is 10.3 Å². The molecule has 0 N–H and O–H groups in total. The van der Waals surface area contributed by atoms with Crippen molar-refractivity contribution in [2.45, 2.75) is 50.9 Å². The van der Waals surface area contributed by atoms with Crippen molar-refractivity contribution in [2.24, 2.45) is 5.16 Å². The fraction of sp³-hybridized carbons (Fsp3) is 0.609. The number of hydrogen-bond donors (Lipinski definition) is 0. The molecule has 3 aliphatic rings. The molecule has 3 aliphatic heterocycles. The van der Waals surface area contributed by atoms with Gasteiger partial charge in [-0.3, -0.25) is 14.3 Å². The number of oxime groups is 1. The van der Waals surface area contributed by atoms with Crippen molar-refractivity contribution >= 4 is 28.9 Å². The summed E-state index contributed by atoms with van der Waals surface area (Å²) in [6.45, 7) is 4.40. The van der Waals surface area contributed by atoms with Gasteiger partial charge in [-0.15, -0.1) is 11.3 Å². The molecule has 1 atom stereocenters. The van der Waals surface area contributed by atoms with E-state index >= 15 is 0 Å². The number of alkyl halides is 3. The van der Waals surface area contributed by atoms with Gasteiger partial charge in [0.05, 0.1) is 23.9 Å². The van der Waals surface area contributed by atoms with Gasteiger partial charge < -0.3 is 19.4 Å². The van der Waals surface area contributed by atoms with Crippen LogP contribution in [0.1, 0.15) is 47.3 Å². The zero-order chi connectivity index (χ0) is 26.2. The van der Waals surface area contributed by atoms with E-state index in [9.17, 15) is 22.8 Å². The maximum atomic E-state index is 12.9. The second-order valence-corrected chi connectivity index (χ2v) is 10.2. The van der Waals surface area contributed by atoms with Gasteiger partial charge in [0.15, 0.2) is 5.69 Å². The second-order valence-electron chi connectivity index (χ2n) is 9.33. The molecule has 0 radical (unpaired) electrons. The Morgan fingerprint density at radius 2 is 1.86 bits per heavy atom. The van der Waals surface area contributed by atoms with Crippen molar-refractivity contribution in [3.63, 3.8) is 0 Å². The lowest BCUT2D eigenvalue weighted by Gasteiger charge is -2.31. The largest absolute Gasteiger partial charge is 0.435 e. The molecule has 1 unspecified atom stereocenters. The van der Waals surface area contributed by atoms with Crippen LogP contribution in [0.5, 0.6) is 0 Å².